The molecule has 1 unspecified atom stereocenters. The second-order valence-electron chi connectivity index (χ2n) is 14.6. The summed E-state index contributed by atoms with van der Waals surface area (Å²) in [6.45, 7) is 14.9. The molecule has 0 saturated heterocycles. The van der Waals surface area contributed by atoms with Crippen molar-refractivity contribution in [1.29, 1.82) is 0 Å². The van der Waals surface area contributed by atoms with E-state index in [0.717, 1.165) is 36.8 Å². The standard InChI is InChI=1S/C34H48NO3P/c1-31(2)26-17-19-33(31,5)28(21-26)37-39(36,38-29-22-27-18-20-34(29,6)32(27,3)4)30(25-15-11-8-12-16-25)35-23-24-13-9-7-10-14-24/h7-16,26-30,35H,17-23H2,1-6H3/t26-,27+,28-,29-,30+,33-,34+,39?/m1/s1. The number of hydrogen-bond donors (Lipinski definition) is 1. The van der Waals surface area contributed by atoms with Crippen LogP contribution in [0.15, 0.2) is 60.7 Å². The topological polar surface area (TPSA) is 47.6 Å². The van der Waals surface area contributed by atoms with Crippen LogP contribution in [0.1, 0.15) is 97.0 Å². The van der Waals surface area contributed by atoms with E-state index >= 15 is 4.57 Å². The Morgan fingerprint density at radius 1 is 0.769 bits per heavy atom. The molecule has 4 aliphatic carbocycles. The first-order chi connectivity index (χ1) is 18.4. The van der Waals surface area contributed by atoms with Crippen molar-refractivity contribution in [3.05, 3.63) is 71.8 Å². The zero-order valence-electron chi connectivity index (χ0n) is 24.8. The summed E-state index contributed by atoms with van der Waals surface area (Å²) in [6, 6.07) is 20.6. The fraction of sp³-hybridized carbons (Fsp3) is 0.647. The van der Waals surface area contributed by atoms with Gasteiger partial charge in [0, 0.05) is 6.54 Å². The predicted molar refractivity (Wildman–Crippen MR) is 158 cm³/mol. The van der Waals surface area contributed by atoms with Gasteiger partial charge in [0.15, 0.2) is 0 Å². The zero-order chi connectivity index (χ0) is 27.7. The van der Waals surface area contributed by atoms with Crippen molar-refractivity contribution in [2.24, 2.45) is 33.5 Å². The molecule has 6 rings (SSSR count). The summed E-state index contributed by atoms with van der Waals surface area (Å²) in [4.78, 5) is 0. The van der Waals surface area contributed by atoms with E-state index in [1.54, 1.807) is 0 Å². The molecule has 2 aromatic carbocycles. The highest BCUT2D eigenvalue weighted by molar-refractivity contribution is 7.54. The Morgan fingerprint density at radius 3 is 1.64 bits per heavy atom. The summed E-state index contributed by atoms with van der Waals surface area (Å²) in [7, 11) is -3.66. The van der Waals surface area contributed by atoms with E-state index in [0.29, 0.717) is 18.4 Å². The lowest BCUT2D eigenvalue weighted by atomic mass is 9.70. The first-order valence-electron chi connectivity index (χ1n) is 15.2. The Hall–Kier alpha value is -1.45. The minimum atomic E-state index is -3.66. The predicted octanol–water partition coefficient (Wildman–Crippen LogP) is 9.13. The molecule has 8 atom stereocenters. The summed E-state index contributed by atoms with van der Waals surface area (Å²) in [5.41, 5.74) is 2.46. The molecule has 4 fully saturated rings. The monoisotopic (exact) mass is 549 g/mol. The van der Waals surface area contributed by atoms with E-state index in [4.69, 9.17) is 9.05 Å². The lowest BCUT2D eigenvalue weighted by molar-refractivity contribution is -0.0174. The van der Waals surface area contributed by atoms with Gasteiger partial charge in [0.2, 0.25) is 0 Å². The molecule has 0 spiro atoms. The van der Waals surface area contributed by atoms with E-state index in [1.165, 1.54) is 12.8 Å². The van der Waals surface area contributed by atoms with Gasteiger partial charge in [0.25, 0.3) is 0 Å². The van der Waals surface area contributed by atoms with Crippen molar-refractivity contribution in [2.45, 2.75) is 105 Å². The smallest absolute Gasteiger partial charge is 0.303 e. The van der Waals surface area contributed by atoms with Crippen LogP contribution in [0.5, 0.6) is 0 Å². The highest BCUT2D eigenvalue weighted by Crippen LogP contribution is 2.74. The minimum absolute atomic E-state index is 0.00475. The van der Waals surface area contributed by atoms with Gasteiger partial charge in [-0.3, -0.25) is 9.88 Å². The Bertz CT molecular complexity index is 1180. The van der Waals surface area contributed by atoms with Crippen LogP contribution in [0, 0.1) is 33.5 Å². The lowest BCUT2D eigenvalue weighted by Crippen LogP contribution is -2.40. The lowest BCUT2D eigenvalue weighted by Gasteiger charge is -2.44. The molecule has 5 heteroatoms. The van der Waals surface area contributed by atoms with Crippen LogP contribution in [0.4, 0.5) is 0 Å². The maximum absolute atomic E-state index is 15.6. The fourth-order valence-corrected chi connectivity index (χ4v) is 11.4. The van der Waals surface area contributed by atoms with Gasteiger partial charge >= 0.3 is 7.60 Å². The van der Waals surface area contributed by atoms with Crippen LogP contribution in [-0.4, -0.2) is 12.2 Å². The molecule has 4 nitrogen and oxygen atoms in total. The summed E-state index contributed by atoms with van der Waals surface area (Å²) in [5.74, 6) is 0.676. The zero-order valence-corrected chi connectivity index (χ0v) is 25.7. The third-order valence-corrected chi connectivity index (χ3v) is 15.0. The van der Waals surface area contributed by atoms with Crippen LogP contribution in [0.3, 0.4) is 0 Å². The maximum atomic E-state index is 15.6. The third-order valence-electron chi connectivity index (χ3n) is 12.8. The number of benzene rings is 2. The first kappa shape index (κ1) is 27.7. The molecular weight excluding hydrogens is 501 g/mol. The molecule has 212 valence electrons. The van der Waals surface area contributed by atoms with Crippen LogP contribution < -0.4 is 5.32 Å². The number of rotatable bonds is 9. The molecule has 4 bridgehead atoms. The molecule has 0 aliphatic heterocycles. The SMILES string of the molecule is CC1(C)[C@H]2CC[C@@]1(C)[C@H](OP(=O)(O[C@@H]1C[C@H]3CC[C@@]1(C)C3(C)C)[C@H](NCc1ccccc1)c1ccccc1)C2. The maximum Gasteiger partial charge on any atom is 0.352 e. The van der Waals surface area contributed by atoms with Gasteiger partial charge in [0.05, 0.1) is 12.2 Å². The second kappa shape index (κ2) is 9.55. The molecule has 0 amide bonds. The van der Waals surface area contributed by atoms with Crippen LogP contribution in [-0.2, 0) is 20.2 Å². The van der Waals surface area contributed by atoms with Crippen molar-refractivity contribution >= 4 is 7.60 Å². The summed E-state index contributed by atoms with van der Waals surface area (Å²) < 4.78 is 29.7. The third kappa shape index (κ3) is 4.23. The fourth-order valence-electron chi connectivity index (χ4n) is 8.94. The Balaban J connectivity index is 1.38. The Kier molecular flexibility index (Phi) is 6.78. The largest absolute Gasteiger partial charge is 0.352 e. The molecular formula is C34H48NO3P. The van der Waals surface area contributed by atoms with Gasteiger partial charge < -0.3 is 9.05 Å². The number of hydrogen-bond acceptors (Lipinski definition) is 4. The van der Waals surface area contributed by atoms with Crippen LogP contribution in [0.25, 0.3) is 0 Å². The van der Waals surface area contributed by atoms with Crippen molar-refractivity contribution in [1.82, 2.24) is 5.32 Å². The molecule has 39 heavy (non-hydrogen) atoms. The number of nitrogens with one attached hydrogen (secondary N) is 1. The summed E-state index contributed by atoms with van der Waals surface area (Å²) >= 11 is 0. The first-order valence-corrected chi connectivity index (χ1v) is 16.8. The molecule has 0 radical (unpaired) electrons. The number of fused-ring (bicyclic) bond motifs is 4. The van der Waals surface area contributed by atoms with E-state index in [9.17, 15) is 0 Å². The van der Waals surface area contributed by atoms with E-state index in [2.05, 4.69) is 83.3 Å². The van der Waals surface area contributed by atoms with Crippen molar-refractivity contribution in [2.75, 3.05) is 0 Å². The average Bonchev–Trinajstić information content (AvgIpc) is 3.42. The average molecular weight is 550 g/mol. The van der Waals surface area contributed by atoms with Crippen LogP contribution in [0.2, 0.25) is 0 Å². The van der Waals surface area contributed by atoms with Gasteiger partial charge in [-0.25, -0.2) is 0 Å². The quantitative estimate of drug-likeness (QED) is 0.317. The summed E-state index contributed by atoms with van der Waals surface area (Å²) in [5, 5.41) is 3.68. The van der Waals surface area contributed by atoms with Crippen molar-refractivity contribution < 1.29 is 13.6 Å². The van der Waals surface area contributed by atoms with Gasteiger partial charge in [0.1, 0.15) is 5.78 Å². The van der Waals surface area contributed by atoms with Gasteiger partial charge in [-0.1, -0.05) is 102 Å². The summed E-state index contributed by atoms with van der Waals surface area (Å²) in [6.07, 6.45) is 6.51. The van der Waals surface area contributed by atoms with Gasteiger partial charge in [-0.15, -0.1) is 0 Å². The second-order valence-corrected chi connectivity index (χ2v) is 16.6. The van der Waals surface area contributed by atoms with Crippen molar-refractivity contribution in [3.63, 3.8) is 0 Å². The van der Waals surface area contributed by atoms with Crippen LogP contribution >= 0.6 is 7.60 Å². The van der Waals surface area contributed by atoms with E-state index < -0.39 is 13.4 Å². The Morgan fingerprint density at radius 2 is 1.23 bits per heavy atom. The van der Waals surface area contributed by atoms with Gasteiger partial charge in [-0.05, 0) is 83.1 Å². The molecule has 0 aromatic heterocycles. The molecule has 4 saturated carbocycles. The molecule has 1 N–H and O–H groups in total. The normalized spacial score (nSPS) is 38.1. The van der Waals surface area contributed by atoms with E-state index in [1.807, 2.05) is 24.3 Å². The molecule has 2 aromatic rings. The van der Waals surface area contributed by atoms with Gasteiger partial charge in [-0.2, -0.15) is 0 Å². The molecule has 4 aliphatic rings. The molecule has 0 heterocycles. The van der Waals surface area contributed by atoms with Crippen molar-refractivity contribution in [3.8, 4) is 0 Å². The van der Waals surface area contributed by atoms with E-state index in [-0.39, 0.29) is 33.9 Å². The highest BCUT2D eigenvalue weighted by Gasteiger charge is 2.66. The Labute approximate surface area is 236 Å². The minimum Gasteiger partial charge on any atom is -0.303 e. The highest BCUT2D eigenvalue weighted by atomic mass is 31.2.